The van der Waals surface area contributed by atoms with E-state index in [9.17, 15) is 18.5 Å². The van der Waals surface area contributed by atoms with Crippen molar-refractivity contribution in [1.29, 1.82) is 0 Å². The first-order valence-corrected chi connectivity index (χ1v) is 7.86. The Kier molecular flexibility index (Phi) is 4.76. The lowest BCUT2D eigenvalue weighted by Gasteiger charge is -2.13. The smallest absolute Gasteiger partial charge is 0.273 e. The Morgan fingerprint density at radius 2 is 2.29 bits per heavy atom. The fourth-order valence-corrected chi connectivity index (χ4v) is 3.29. The Morgan fingerprint density at radius 3 is 2.86 bits per heavy atom. The van der Waals surface area contributed by atoms with Crippen molar-refractivity contribution < 1.29 is 22.8 Å². The minimum absolute atomic E-state index is 0.0657. The molecule has 9 heteroatoms. The van der Waals surface area contributed by atoms with E-state index in [1.807, 2.05) is 0 Å². The van der Waals surface area contributed by atoms with Gasteiger partial charge in [-0.25, -0.2) is 13.1 Å². The highest BCUT2D eigenvalue weighted by atomic mass is 32.2. The molecule has 1 N–H and O–H groups in total. The molecule has 1 saturated heterocycles. The Labute approximate surface area is 122 Å². The van der Waals surface area contributed by atoms with Gasteiger partial charge < -0.3 is 9.47 Å². The number of hydrogen-bond donors (Lipinski definition) is 1. The number of nitro benzene ring substituents is 1. The highest BCUT2D eigenvalue weighted by Gasteiger charge is 2.24. The Morgan fingerprint density at radius 1 is 1.52 bits per heavy atom. The molecule has 1 unspecified atom stereocenters. The molecule has 1 heterocycles. The van der Waals surface area contributed by atoms with Crippen LogP contribution in [-0.4, -0.2) is 39.7 Å². The highest BCUT2D eigenvalue weighted by Crippen LogP contribution is 2.28. The van der Waals surface area contributed by atoms with Gasteiger partial charge in [-0.1, -0.05) is 0 Å². The SMILES string of the molecule is COc1cc([N+](=O)[O-])ccc1S(=O)(=O)NCC1CCCO1. The zero-order chi connectivity index (χ0) is 15.5. The number of sulfonamides is 1. The number of rotatable bonds is 6. The molecule has 0 saturated carbocycles. The van der Waals surface area contributed by atoms with E-state index in [-0.39, 0.29) is 29.0 Å². The van der Waals surface area contributed by atoms with Crippen molar-refractivity contribution in [3.05, 3.63) is 28.3 Å². The number of nitrogens with zero attached hydrogens (tertiary/aromatic N) is 1. The van der Waals surface area contributed by atoms with Crippen molar-refractivity contribution in [2.75, 3.05) is 20.3 Å². The van der Waals surface area contributed by atoms with Crippen LogP contribution in [0, 0.1) is 10.1 Å². The molecular formula is C12H16N2O6S. The topological polar surface area (TPSA) is 108 Å². The summed E-state index contributed by atoms with van der Waals surface area (Å²) in [6.07, 6.45) is 1.58. The zero-order valence-corrected chi connectivity index (χ0v) is 12.3. The van der Waals surface area contributed by atoms with Gasteiger partial charge in [-0.05, 0) is 18.9 Å². The maximum atomic E-state index is 12.2. The van der Waals surface area contributed by atoms with Gasteiger partial charge in [0.2, 0.25) is 10.0 Å². The van der Waals surface area contributed by atoms with Crippen LogP contribution in [0.3, 0.4) is 0 Å². The summed E-state index contributed by atoms with van der Waals surface area (Å²) >= 11 is 0. The maximum Gasteiger partial charge on any atom is 0.273 e. The molecule has 0 bridgehead atoms. The molecule has 0 amide bonds. The standard InChI is InChI=1S/C12H16N2O6S/c1-19-11-7-9(14(15)16)4-5-12(11)21(17,18)13-8-10-3-2-6-20-10/h4-5,7,10,13H,2-3,6,8H2,1H3. The fourth-order valence-electron chi connectivity index (χ4n) is 2.08. The monoisotopic (exact) mass is 316 g/mol. The first-order chi connectivity index (χ1) is 9.94. The van der Waals surface area contributed by atoms with Crippen LogP contribution in [0.4, 0.5) is 5.69 Å². The summed E-state index contributed by atoms with van der Waals surface area (Å²) < 4.78 is 37.2. The van der Waals surface area contributed by atoms with Crippen LogP contribution in [0.1, 0.15) is 12.8 Å². The van der Waals surface area contributed by atoms with Crippen LogP contribution in [0.2, 0.25) is 0 Å². The molecule has 8 nitrogen and oxygen atoms in total. The zero-order valence-electron chi connectivity index (χ0n) is 11.4. The van der Waals surface area contributed by atoms with Gasteiger partial charge in [0.1, 0.15) is 10.6 Å². The molecule has 1 aliphatic heterocycles. The average Bonchev–Trinajstić information content (AvgIpc) is 2.97. The Balaban J connectivity index is 2.20. The molecule has 0 aliphatic carbocycles. The van der Waals surface area contributed by atoms with Crippen LogP contribution in [0.25, 0.3) is 0 Å². The largest absolute Gasteiger partial charge is 0.495 e. The third kappa shape index (κ3) is 3.69. The molecule has 0 radical (unpaired) electrons. The van der Waals surface area contributed by atoms with Gasteiger partial charge in [0, 0.05) is 19.2 Å². The van der Waals surface area contributed by atoms with E-state index in [1.54, 1.807) is 0 Å². The summed E-state index contributed by atoms with van der Waals surface area (Å²) in [5.41, 5.74) is -0.232. The van der Waals surface area contributed by atoms with Crippen LogP contribution < -0.4 is 9.46 Å². The summed E-state index contributed by atoms with van der Waals surface area (Å²) in [4.78, 5) is 9.95. The van der Waals surface area contributed by atoms with E-state index in [0.29, 0.717) is 6.61 Å². The van der Waals surface area contributed by atoms with Gasteiger partial charge in [-0.3, -0.25) is 10.1 Å². The molecule has 2 rings (SSSR count). The molecule has 21 heavy (non-hydrogen) atoms. The van der Waals surface area contributed by atoms with E-state index < -0.39 is 14.9 Å². The third-order valence-corrected chi connectivity index (χ3v) is 4.64. The number of nitrogens with one attached hydrogen (secondary N) is 1. The predicted octanol–water partition coefficient (Wildman–Crippen LogP) is 1.06. The van der Waals surface area contributed by atoms with Crippen molar-refractivity contribution >= 4 is 15.7 Å². The first kappa shape index (κ1) is 15.7. The molecule has 0 spiro atoms. The third-order valence-electron chi connectivity index (χ3n) is 3.17. The minimum atomic E-state index is -3.81. The highest BCUT2D eigenvalue weighted by molar-refractivity contribution is 7.89. The lowest BCUT2D eigenvalue weighted by Crippen LogP contribution is -2.32. The maximum absolute atomic E-state index is 12.2. The van der Waals surface area contributed by atoms with Crippen molar-refractivity contribution in [3.8, 4) is 5.75 Å². The molecular weight excluding hydrogens is 300 g/mol. The van der Waals surface area contributed by atoms with Crippen molar-refractivity contribution in [2.45, 2.75) is 23.8 Å². The second-order valence-corrected chi connectivity index (χ2v) is 6.31. The summed E-state index contributed by atoms with van der Waals surface area (Å²) in [6, 6.07) is 3.37. The van der Waals surface area contributed by atoms with E-state index in [4.69, 9.17) is 9.47 Å². The number of hydrogen-bond acceptors (Lipinski definition) is 6. The molecule has 1 aliphatic rings. The molecule has 1 aromatic rings. The van der Waals surface area contributed by atoms with E-state index in [0.717, 1.165) is 31.0 Å². The van der Waals surface area contributed by atoms with E-state index >= 15 is 0 Å². The van der Waals surface area contributed by atoms with E-state index in [2.05, 4.69) is 4.72 Å². The Bertz CT molecular complexity index is 625. The molecule has 0 aromatic heterocycles. The van der Waals surface area contributed by atoms with Crippen LogP contribution in [0.5, 0.6) is 5.75 Å². The molecule has 1 aromatic carbocycles. The second kappa shape index (κ2) is 6.37. The summed E-state index contributed by atoms with van der Waals surface area (Å²) in [5.74, 6) is -0.0657. The van der Waals surface area contributed by atoms with Gasteiger partial charge in [0.25, 0.3) is 5.69 Å². The Hall–Kier alpha value is -1.71. The van der Waals surface area contributed by atoms with Crippen LogP contribution in [0.15, 0.2) is 23.1 Å². The van der Waals surface area contributed by atoms with Gasteiger partial charge in [0.05, 0.1) is 24.2 Å². The number of ether oxygens (including phenoxy) is 2. The normalized spacial score (nSPS) is 18.6. The van der Waals surface area contributed by atoms with E-state index in [1.165, 1.54) is 7.11 Å². The minimum Gasteiger partial charge on any atom is -0.495 e. The van der Waals surface area contributed by atoms with Crippen LogP contribution >= 0.6 is 0 Å². The van der Waals surface area contributed by atoms with Gasteiger partial charge in [0.15, 0.2) is 0 Å². The number of benzene rings is 1. The summed E-state index contributed by atoms with van der Waals surface area (Å²) in [7, 11) is -2.55. The molecule has 116 valence electrons. The summed E-state index contributed by atoms with van der Waals surface area (Å²) in [5, 5.41) is 10.7. The summed E-state index contributed by atoms with van der Waals surface area (Å²) in [6.45, 7) is 0.801. The number of nitro groups is 1. The lowest BCUT2D eigenvalue weighted by atomic mass is 10.2. The second-order valence-electron chi connectivity index (χ2n) is 4.58. The quantitative estimate of drug-likeness (QED) is 0.621. The van der Waals surface area contributed by atoms with Crippen LogP contribution in [-0.2, 0) is 14.8 Å². The van der Waals surface area contributed by atoms with Crippen molar-refractivity contribution in [3.63, 3.8) is 0 Å². The molecule has 1 fully saturated rings. The number of methoxy groups -OCH3 is 1. The van der Waals surface area contributed by atoms with Gasteiger partial charge in [-0.2, -0.15) is 0 Å². The van der Waals surface area contributed by atoms with Gasteiger partial charge in [-0.15, -0.1) is 0 Å². The lowest BCUT2D eigenvalue weighted by molar-refractivity contribution is -0.385. The predicted molar refractivity (Wildman–Crippen MR) is 73.8 cm³/mol. The first-order valence-electron chi connectivity index (χ1n) is 6.38. The van der Waals surface area contributed by atoms with Crippen molar-refractivity contribution in [1.82, 2.24) is 4.72 Å². The number of non-ortho nitro benzene ring substituents is 1. The molecule has 1 atom stereocenters. The average molecular weight is 316 g/mol. The fraction of sp³-hybridized carbons (Fsp3) is 0.500. The van der Waals surface area contributed by atoms with Crippen molar-refractivity contribution in [2.24, 2.45) is 0 Å². The van der Waals surface area contributed by atoms with Gasteiger partial charge >= 0.3 is 0 Å².